The number of aliphatic imine (C=N–C) groups is 1. The van der Waals surface area contributed by atoms with Crippen molar-refractivity contribution in [1.82, 2.24) is 10.6 Å². The molecular formula is C20H34IN3O2. The summed E-state index contributed by atoms with van der Waals surface area (Å²) in [5.74, 6) is 1.71. The average molecular weight is 475 g/mol. The molecule has 5 nitrogen and oxygen atoms in total. The summed E-state index contributed by atoms with van der Waals surface area (Å²) in [4.78, 5) is 4.71. The van der Waals surface area contributed by atoms with Gasteiger partial charge in [0.15, 0.2) is 5.96 Å². The molecule has 26 heavy (non-hydrogen) atoms. The fourth-order valence-corrected chi connectivity index (χ4v) is 3.57. The van der Waals surface area contributed by atoms with Crippen LogP contribution in [0.25, 0.3) is 0 Å². The predicted octanol–water partition coefficient (Wildman–Crippen LogP) is 3.70. The summed E-state index contributed by atoms with van der Waals surface area (Å²) in [6.07, 6.45) is 7.11. The predicted molar refractivity (Wildman–Crippen MR) is 118 cm³/mol. The Kier molecular flexibility index (Phi) is 11.0. The molecule has 0 heterocycles. The number of hydrogen-bond acceptors (Lipinski definition) is 3. The number of rotatable bonds is 8. The van der Waals surface area contributed by atoms with E-state index in [0.29, 0.717) is 6.54 Å². The quantitative estimate of drug-likeness (QED) is 0.305. The first-order valence-corrected chi connectivity index (χ1v) is 9.47. The van der Waals surface area contributed by atoms with Crippen molar-refractivity contribution in [2.24, 2.45) is 10.4 Å². The minimum atomic E-state index is 0. The number of nitrogens with zero attached hydrogens (tertiary/aromatic N) is 1. The van der Waals surface area contributed by atoms with Gasteiger partial charge in [0.1, 0.15) is 5.75 Å². The molecule has 0 aromatic heterocycles. The van der Waals surface area contributed by atoms with Crippen LogP contribution >= 0.6 is 24.0 Å². The number of hydrogen-bond donors (Lipinski definition) is 3. The van der Waals surface area contributed by atoms with E-state index in [2.05, 4.69) is 17.6 Å². The molecule has 1 aliphatic carbocycles. The Morgan fingerprint density at radius 3 is 2.42 bits per heavy atom. The molecule has 1 saturated carbocycles. The van der Waals surface area contributed by atoms with Gasteiger partial charge in [-0.05, 0) is 49.3 Å². The van der Waals surface area contributed by atoms with E-state index in [1.165, 1.54) is 32.1 Å². The van der Waals surface area contributed by atoms with Crippen LogP contribution in [-0.4, -0.2) is 37.9 Å². The molecule has 1 aromatic carbocycles. The van der Waals surface area contributed by atoms with Gasteiger partial charge in [-0.1, -0.05) is 31.4 Å². The second-order valence-electron chi connectivity index (χ2n) is 6.93. The summed E-state index contributed by atoms with van der Waals surface area (Å²) >= 11 is 0. The molecule has 6 heteroatoms. The van der Waals surface area contributed by atoms with E-state index in [-0.39, 0.29) is 36.0 Å². The Bertz CT molecular complexity index is 523. The standard InChI is InChI=1S/C20H33N3O2.HI/c1-3-21-19(22-15-17-7-9-18(25-2)10-8-17)23-16-20(13-14-24)11-5-4-6-12-20;/h7-10,24H,3-6,11-16H2,1-2H3,(H2,21,22,23);1H. The number of aliphatic hydroxyl groups is 1. The highest BCUT2D eigenvalue weighted by molar-refractivity contribution is 14.0. The summed E-state index contributed by atoms with van der Waals surface area (Å²) in [5, 5.41) is 16.3. The minimum Gasteiger partial charge on any atom is -0.497 e. The number of methoxy groups -OCH3 is 1. The highest BCUT2D eigenvalue weighted by atomic mass is 127. The Labute approximate surface area is 175 Å². The number of benzene rings is 1. The van der Waals surface area contributed by atoms with Gasteiger partial charge in [-0.15, -0.1) is 24.0 Å². The molecule has 3 N–H and O–H groups in total. The van der Waals surface area contributed by atoms with Crippen LogP contribution in [0.3, 0.4) is 0 Å². The monoisotopic (exact) mass is 475 g/mol. The molecule has 1 aromatic rings. The zero-order valence-corrected chi connectivity index (χ0v) is 18.4. The van der Waals surface area contributed by atoms with E-state index in [9.17, 15) is 5.11 Å². The van der Waals surface area contributed by atoms with E-state index >= 15 is 0 Å². The van der Waals surface area contributed by atoms with Gasteiger partial charge in [-0.3, -0.25) is 0 Å². The number of guanidine groups is 1. The second kappa shape index (κ2) is 12.4. The minimum absolute atomic E-state index is 0. The van der Waals surface area contributed by atoms with Crippen molar-refractivity contribution in [2.75, 3.05) is 26.8 Å². The Hall–Kier alpha value is -1.02. The van der Waals surface area contributed by atoms with Crippen molar-refractivity contribution in [1.29, 1.82) is 0 Å². The van der Waals surface area contributed by atoms with Gasteiger partial charge in [0.05, 0.1) is 13.7 Å². The number of aliphatic hydroxyl groups excluding tert-OH is 1. The van der Waals surface area contributed by atoms with Gasteiger partial charge in [-0.2, -0.15) is 0 Å². The fourth-order valence-electron chi connectivity index (χ4n) is 3.57. The van der Waals surface area contributed by atoms with Gasteiger partial charge in [0.25, 0.3) is 0 Å². The Morgan fingerprint density at radius 2 is 1.85 bits per heavy atom. The van der Waals surface area contributed by atoms with Gasteiger partial charge in [-0.25, -0.2) is 4.99 Å². The molecule has 0 atom stereocenters. The number of ether oxygens (including phenoxy) is 1. The normalized spacial score (nSPS) is 16.5. The van der Waals surface area contributed by atoms with E-state index < -0.39 is 0 Å². The molecule has 148 valence electrons. The topological polar surface area (TPSA) is 65.9 Å². The summed E-state index contributed by atoms with van der Waals surface area (Å²) in [6.45, 7) is 4.69. The van der Waals surface area contributed by atoms with Gasteiger partial charge in [0, 0.05) is 19.7 Å². The second-order valence-corrected chi connectivity index (χ2v) is 6.93. The highest BCUT2D eigenvalue weighted by Crippen LogP contribution is 2.38. The Balaban J connectivity index is 0.00000338. The molecule has 2 rings (SSSR count). The highest BCUT2D eigenvalue weighted by Gasteiger charge is 2.31. The lowest BCUT2D eigenvalue weighted by atomic mass is 9.72. The SMILES string of the molecule is CCNC(=NCc1ccc(OC)cc1)NCC1(CCO)CCCCC1.I. The zero-order chi connectivity index (χ0) is 18.0. The maximum absolute atomic E-state index is 9.46. The van der Waals surface area contributed by atoms with Crippen LogP contribution in [0.1, 0.15) is 51.0 Å². The van der Waals surface area contributed by atoms with Gasteiger partial charge < -0.3 is 20.5 Å². The van der Waals surface area contributed by atoms with E-state index in [4.69, 9.17) is 9.73 Å². The molecule has 1 aliphatic rings. The third-order valence-electron chi connectivity index (χ3n) is 5.11. The number of halogens is 1. The van der Waals surface area contributed by atoms with Crippen molar-refractivity contribution < 1.29 is 9.84 Å². The van der Waals surface area contributed by atoms with Crippen LogP contribution in [0.15, 0.2) is 29.3 Å². The lowest BCUT2D eigenvalue weighted by molar-refractivity contribution is 0.131. The molecule has 1 fully saturated rings. The van der Waals surface area contributed by atoms with Crippen molar-refractivity contribution in [3.05, 3.63) is 29.8 Å². The summed E-state index contributed by atoms with van der Waals surface area (Å²) in [6, 6.07) is 8.01. The van der Waals surface area contributed by atoms with Crippen LogP contribution in [0.2, 0.25) is 0 Å². The number of nitrogens with one attached hydrogen (secondary N) is 2. The molecule has 0 aliphatic heterocycles. The Morgan fingerprint density at radius 1 is 1.15 bits per heavy atom. The maximum atomic E-state index is 9.46. The largest absolute Gasteiger partial charge is 0.497 e. The lowest BCUT2D eigenvalue weighted by Gasteiger charge is -2.37. The maximum Gasteiger partial charge on any atom is 0.191 e. The van der Waals surface area contributed by atoms with Gasteiger partial charge >= 0.3 is 0 Å². The zero-order valence-electron chi connectivity index (χ0n) is 16.1. The van der Waals surface area contributed by atoms with Crippen LogP contribution < -0.4 is 15.4 Å². The summed E-state index contributed by atoms with van der Waals surface area (Å²) < 4.78 is 5.19. The molecule has 0 radical (unpaired) electrons. The fraction of sp³-hybridized carbons (Fsp3) is 0.650. The molecule has 0 spiro atoms. The molecular weight excluding hydrogens is 441 g/mol. The first-order chi connectivity index (χ1) is 12.2. The van der Waals surface area contributed by atoms with Crippen LogP contribution in [0, 0.1) is 5.41 Å². The van der Waals surface area contributed by atoms with E-state index in [1.54, 1.807) is 7.11 Å². The first kappa shape index (κ1) is 23.0. The third kappa shape index (κ3) is 7.31. The van der Waals surface area contributed by atoms with E-state index in [1.807, 2.05) is 24.3 Å². The summed E-state index contributed by atoms with van der Waals surface area (Å²) in [5.41, 5.74) is 1.37. The third-order valence-corrected chi connectivity index (χ3v) is 5.11. The molecule has 0 bridgehead atoms. The first-order valence-electron chi connectivity index (χ1n) is 9.47. The van der Waals surface area contributed by atoms with Crippen molar-refractivity contribution in [3.8, 4) is 5.75 Å². The molecule has 0 unspecified atom stereocenters. The van der Waals surface area contributed by atoms with Gasteiger partial charge in [0.2, 0.25) is 0 Å². The van der Waals surface area contributed by atoms with Crippen LogP contribution in [0.4, 0.5) is 0 Å². The lowest BCUT2D eigenvalue weighted by Crippen LogP contribution is -2.44. The smallest absolute Gasteiger partial charge is 0.191 e. The van der Waals surface area contributed by atoms with E-state index in [0.717, 1.165) is 36.8 Å². The molecule has 0 amide bonds. The van der Waals surface area contributed by atoms with Crippen molar-refractivity contribution >= 4 is 29.9 Å². The van der Waals surface area contributed by atoms with Crippen molar-refractivity contribution in [2.45, 2.75) is 52.0 Å². The van der Waals surface area contributed by atoms with Crippen LogP contribution in [0.5, 0.6) is 5.75 Å². The van der Waals surface area contributed by atoms with Crippen LogP contribution in [-0.2, 0) is 6.54 Å². The molecule has 0 saturated heterocycles. The van der Waals surface area contributed by atoms with Crippen molar-refractivity contribution in [3.63, 3.8) is 0 Å². The summed E-state index contributed by atoms with van der Waals surface area (Å²) in [7, 11) is 1.67. The average Bonchev–Trinajstić information content (AvgIpc) is 2.65.